The Morgan fingerprint density at radius 3 is 1.90 bits per heavy atom. The van der Waals surface area contributed by atoms with Crippen molar-refractivity contribution in [3.8, 4) is 11.1 Å². The van der Waals surface area contributed by atoms with E-state index in [2.05, 4.69) is 4.90 Å². The van der Waals surface area contributed by atoms with E-state index in [1.165, 1.54) is 30.3 Å². The summed E-state index contributed by atoms with van der Waals surface area (Å²) in [5, 5.41) is 42.5. The smallest absolute Gasteiger partial charge is 0.416 e. The first-order chi connectivity index (χ1) is 28.9. The number of para-hydroxylation sites is 1. The average molecular weight is 854 g/mol. The number of aromatic nitrogens is 1. The number of alkyl halides is 3. The van der Waals surface area contributed by atoms with Gasteiger partial charge in [0.2, 0.25) is 5.91 Å². The van der Waals surface area contributed by atoms with E-state index in [0.29, 0.717) is 60.2 Å². The van der Waals surface area contributed by atoms with Crippen molar-refractivity contribution in [2.45, 2.75) is 56.0 Å². The average Bonchev–Trinajstić information content (AvgIpc) is 3.23. The molecule has 12 nitrogen and oxygen atoms in total. The number of carboxylic acids is 2. The number of nitrogens with two attached hydrogens (primary N) is 1. The Morgan fingerprint density at radius 1 is 0.787 bits per heavy atom. The predicted octanol–water partition coefficient (Wildman–Crippen LogP) is 4.76. The molecule has 324 valence electrons. The Bertz CT molecular complexity index is 2380. The summed E-state index contributed by atoms with van der Waals surface area (Å²) in [6.07, 6.45) is -7.62. The number of fused-ring (bicyclic) bond motifs is 1. The molecule has 6 rings (SSSR count). The van der Waals surface area contributed by atoms with E-state index in [1.54, 1.807) is 36.4 Å². The number of likely N-dealkylation sites (tertiary alicyclic amines) is 1. The zero-order chi connectivity index (χ0) is 44.6. The van der Waals surface area contributed by atoms with Gasteiger partial charge in [0.15, 0.2) is 29.3 Å². The molecule has 0 bridgehead atoms. The van der Waals surface area contributed by atoms with Crippen LogP contribution in [0.2, 0.25) is 0 Å². The summed E-state index contributed by atoms with van der Waals surface area (Å²) in [7, 11) is 0. The molecule has 3 unspecified atom stereocenters. The number of aliphatic hydroxyl groups excluding tert-OH is 3. The molecule has 4 aromatic carbocycles. The number of hydrogen-bond acceptors (Lipinski definition) is 8. The first kappa shape index (κ1) is 46.1. The van der Waals surface area contributed by atoms with Crippen LogP contribution in [0.3, 0.4) is 0 Å². The van der Waals surface area contributed by atoms with E-state index < -0.39 is 59.0 Å². The number of amides is 1. The Balaban J connectivity index is 0.000000626. The fourth-order valence-electron chi connectivity index (χ4n) is 7.81. The number of carboxylic acid groups (broad SMARTS) is 2. The van der Waals surface area contributed by atoms with Crippen LogP contribution in [0.25, 0.3) is 22.0 Å². The van der Waals surface area contributed by atoms with Gasteiger partial charge in [0.05, 0.1) is 17.7 Å². The van der Waals surface area contributed by atoms with Crippen LogP contribution in [0.4, 0.5) is 22.0 Å². The third-order valence-electron chi connectivity index (χ3n) is 11.0. The fourth-order valence-corrected chi connectivity index (χ4v) is 7.81. The normalized spacial score (nSPS) is 15.6. The maximum atomic E-state index is 14.8. The number of carbonyl (C=O) groups excluding carboxylic acids is 1. The minimum Gasteiger partial charge on any atom is -0.479 e. The Kier molecular flexibility index (Phi) is 14.8. The number of nitrogens with zero attached hydrogens (tertiary/aromatic N) is 2. The van der Waals surface area contributed by atoms with Gasteiger partial charge in [0, 0.05) is 30.1 Å². The molecule has 61 heavy (non-hydrogen) atoms. The third kappa shape index (κ3) is 10.5. The number of primary amides is 1. The second-order valence-corrected chi connectivity index (χ2v) is 14.7. The largest absolute Gasteiger partial charge is 0.479 e. The van der Waals surface area contributed by atoms with Gasteiger partial charge in [0.1, 0.15) is 5.54 Å². The zero-order valence-electron chi connectivity index (χ0n) is 32.6. The van der Waals surface area contributed by atoms with Gasteiger partial charge >= 0.3 is 18.1 Å². The van der Waals surface area contributed by atoms with Crippen LogP contribution in [0.15, 0.2) is 102 Å². The molecule has 1 amide bonds. The minimum absolute atomic E-state index is 0.0119. The molecule has 5 aromatic rings. The lowest BCUT2D eigenvalue weighted by Crippen LogP contribution is -2.57. The van der Waals surface area contributed by atoms with Crippen molar-refractivity contribution in [1.29, 1.82) is 0 Å². The lowest BCUT2D eigenvalue weighted by atomic mass is 9.72. The van der Waals surface area contributed by atoms with E-state index in [1.807, 2.05) is 16.7 Å². The molecule has 2 heterocycles. The van der Waals surface area contributed by atoms with E-state index in [-0.39, 0.29) is 42.8 Å². The number of benzene rings is 4. The lowest BCUT2D eigenvalue weighted by molar-refractivity contribution is -0.165. The molecule has 0 radical (unpaired) electrons. The lowest BCUT2D eigenvalue weighted by Gasteiger charge is -2.46. The summed E-state index contributed by atoms with van der Waals surface area (Å²) in [5.74, 6) is -6.44. The summed E-state index contributed by atoms with van der Waals surface area (Å²) in [6, 6.07) is 24.4. The van der Waals surface area contributed by atoms with Crippen molar-refractivity contribution in [3.63, 3.8) is 0 Å². The molecule has 1 aliphatic heterocycles. The summed E-state index contributed by atoms with van der Waals surface area (Å²) < 4.78 is 70.3. The van der Waals surface area contributed by atoms with Crippen molar-refractivity contribution in [2.75, 3.05) is 26.2 Å². The van der Waals surface area contributed by atoms with Crippen molar-refractivity contribution in [1.82, 2.24) is 9.47 Å². The molecule has 1 saturated heterocycles. The molecule has 1 aromatic heterocycles. The van der Waals surface area contributed by atoms with E-state index in [0.717, 1.165) is 23.8 Å². The first-order valence-electron chi connectivity index (χ1n) is 19.2. The van der Waals surface area contributed by atoms with Crippen molar-refractivity contribution >= 4 is 28.7 Å². The first-order valence-corrected chi connectivity index (χ1v) is 19.2. The number of carbonyl (C=O) groups is 3. The van der Waals surface area contributed by atoms with Gasteiger partial charge in [-0.1, -0.05) is 60.7 Å². The van der Waals surface area contributed by atoms with E-state index in [4.69, 9.17) is 26.2 Å². The van der Waals surface area contributed by atoms with Gasteiger partial charge in [-0.2, -0.15) is 13.2 Å². The van der Waals surface area contributed by atoms with Crippen LogP contribution in [-0.2, 0) is 45.4 Å². The molecule has 0 saturated carbocycles. The van der Waals surface area contributed by atoms with Gasteiger partial charge in [0.25, 0.3) is 0 Å². The topological polar surface area (TPSA) is 204 Å². The maximum absolute atomic E-state index is 14.8. The SMILES string of the molecule is NC(=O)C(Cc1ccc(-c2ccc(C(F)(F)F)cc2)cc1)(C1CCN(CCO)CC1)n1c(CCc2cccc(F)c2F)cc(=O)c2ccccc21.O=C(O)C(O)C(O)C(=O)O. The number of halogens is 5. The van der Waals surface area contributed by atoms with Crippen LogP contribution in [0, 0.1) is 17.6 Å². The summed E-state index contributed by atoms with van der Waals surface area (Å²) in [5.41, 5.74) is 7.10. The Morgan fingerprint density at radius 2 is 1.36 bits per heavy atom. The highest BCUT2D eigenvalue weighted by Crippen LogP contribution is 2.41. The molecule has 7 N–H and O–H groups in total. The minimum atomic E-state index is -4.45. The number of aryl methyl sites for hydroxylation is 2. The number of pyridine rings is 1. The standard InChI is InChI=1S/C40H38F5N3O3.C4H6O6/c41-34-6-3-4-29(37(34)42)14-17-32-24-36(50)33-5-1-2-7-35(33)48(32)39(38(46)51,30-18-20-47(21-19-30)22-23-49)25-26-8-10-27(11-9-26)28-12-15-31(16-13-28)40(43,44)45;5-1(3(7)8)2(6)4(9)10/h1-13,15-16,24,30,49H,14,17-23,25H2,(H2,46,51);1-2,5-6H,(H,7,8)(H,9,10). The van der Waals surface area contributed by atoms with E-state index in [9.17, 15) is 46.2 Å². The highest BCUT2D eigenvalue weighted by Gasteiger charge is 2.48. The summed E-state index contributed by atoms with van der Waals surface area (Å²) in [4.78, 5) is 49.4. The number of aliphatic carboxylic acids is 2. The highest BCUT2D eigenvalue weighted by atomic mass is 19.4. The summed E-state index contributed by atoms with van der Waals surface area (Å²) >= 11 is 0. The molecule has 1 fully saturated rings. The molecule has 3 atom stereocenters. The van der Waals surface area contributed by atoms with Gasteiger partial charge < -0.3 is 40.7 Å². The van der Waals surface area contributed by atoms with Gasteiger partial charge in [-0.25, -0.2) is 18.4 Å². The number of β-amino-alcohol motifs (C(OH)–C–C–N with tert-alkyl or cyclic N) is 1. The quantitative estimate of drug-likeness (QED) is 0.0847. The van der Waals surface area contributed by atoms with Crippen LogP contribution < -0.4 is 11.2 Å². The molecular formula is C44H44F5N3O9. The van der Waals surface area contributed by atoms with Crippen LogP contribution in [0.5, 0.6) is 0 Å². The maximum Gasteiger partial charge on any atom is 0.416 e. The van der Waals surface area contributed by atoms with Crippen molar-refractivity contribution in [3.05, 3.63) is 141 Å². The van der Waals surface area contributed by atoms with Gasteiger partial charge in [-0.05, 0) is 97.3 Å². The number of hydrogen-bond donors (Lipinski definition) is 6. The third-order valence-corrected chi connectivity index (χ3v) is 11.0. The molecule has 1 aliphatic rings. The molecular weight excluding hydrogens is 809 g/mol. The summed E-state index contributed by atoms with van der Waals surface area (Å²) in [6.45, 7) is 1.65. The van der Waals surface area contributed by atoms with Crippen LogP contribution in [-0.4, -0.2) is 91.3 Å². The number of rotatable bonds is 14. The molecule has 0 spiro atoms. The number of aliphatic hydroxyl groups is 3. The monoisotopic (exact) mass is 853 g/mol. The van der Waals surface area contributed by atoms with Crippen LogP contribution >= 0.6 is 0 Å². The zero-order valence-corrected chi connectivity index (χ0v) is 32.6. The van der Waals surface area contributed by atoms with Crippen LogP contribution in [0.1, 0.15) is 35.2 Å². The molecule has 0 aliphatic carbocycles. The van der Waals surface area contributed by atoms with Crippen molar-refractivity contribution in [2.24, 2.45) is 11.7 Å². The second-order valence-electron chi connectivity index (χ2n) is 14.7. The fraction of sp³-hybridized carbons (Fsp3) is 0.318. The second kappa shape index (κ2) is 19.6. The van der Waals surface area contributed by atoms with E-state index >= 15 is 0 Å². The van der Waals surface area contributed by atoms with Crippen molar-refractivity contribution < 1.29 is 61.9 Å². The number of piperidine rings is 1. The van der Waals surface area contributed by atoms with Gasteiger partial charge in [-0.3, -0.25) is 9.59 Å². The Hall–Kier alpha value is -6.01. The Labute approximate surface area is 345 Å². The van der Waals surface area contributed by atoms with Gasteiger partial charge in [-0.15, -0.1) is 0 Å². The highest BCUT2D eigenvalue weighted by molar-refractivity contribution is 5.88. The predicted molar refractivity (Wildman–Crippen MR) is 213 cm³/mol. The molecule has 17 heteroatoms.